The second kappa shape index (κ2) is 16.5. The molecule has 0 fully saturated rings. The highest BCUT2D eigenvalue weighted by molar-refractivity contribution is 7.58. The Balaban J connectivity index is 1.37. The first-order chi connectivity index (χ1) is 31.6. The highest BCUT2D eigenvalue weighted by Gasteiger charge is 2.33. The summed E-state index contributed by atoms with van der Waals surface area (Å²) in [6, 6.07) is 25.0. The number of allylic oxidation sites excluding steroid dienone is 2. The first kappa shape index (κ1) is 45.8. The minimum Gasteiger partial charge on any atom is -0.456 e. The lowest BCUT2D eigenvalue weighted by Crippen LogP contribution is -2.10. The van der Waals surface area contributed by atoms with Crippen LogP contribution in [0.15, 0.2) is 96.0 Å². The quantitative estimate of drug-likeness (QED) is 0.0855. The molecule has 0 atom stereocenters. The maximum absolute atomic E-state index is 14.0. The zero-order valence-corrected chi connectivity index (χ0v) is 41.7. The van der Waals surface area contributed by atoms with E-state index in [1.54, 1.807) is 13.8 Å². The second-order valence-corrected chi connectivity index (χ2v) is 22.6. The van der Waals surface area contributed by atoms with Gasteiger partial charge < -0.3 is 23.8 Å². The van der Waals surface area contributed by atoms with Gasteiger partial charge in [-0.3, -0.25) is 4.57 Å². The molecule has 0 saturated heterocycles. The molecule has 344 valence electrons. The molecule has 0 unspecified atom stereocenters. The molecule has 67 heavy (non-hydrogen) atoms. The topological polar surface area (TPSA) is 154 Å². The van der Waals surface area contributed by atoms with Crippen LogP contribution in [0.4, 0.5) is 0 Å². The predicted molar refractivity (Wildman–Crippen MR) is 271 cm³/mol. The molecule has 3 aromatic heterocycles. The average molecular weight is 915 g/mol. The van der Waals surface area contributed by atoms with Crippen LogP contribution in [-0.2, 0) is 29.9 Å². The fourth-order valence-electron chi connectivity index (χ4n) is 8.46. The maximum Gasteiger partial charge on any atom is 0.364 e. The van der Waals surface area contributed by atoms with Gasteiger partial charge in [0.25, 0.3) is 0 Å². The lowest BCUT2D eigenvalue weighted by Gasteiger charge is -2.22. The minimum absolute atomic E-state index is 0.117. The summed E-state index contributed by atoms with van der Waals surface area (Å²) in [5.74, 6) is 2.73. The van der Waals surface area contributed by atoms with E-state index in [2.05, 4.69) is 133 Å². The first-order valence-corrected chi connectivity index (χ1v) is 24.5. The third-order valence-corrected chi connectivity index (χ3v) is 14.3. The molecule has 2 aliphatic rings. The largest absolute Gasteiger partial charge is 0.456 e. The Morgan fingerprint density at radius 1 is 0.522 bits per heavy atom. The summed E-state index contributed by atoms with van der Waals surface area (Å²) in [7, 11) is -3.76. The molecule has 0 radical (unpaired) electrons. The van der Waals surface area contributed by atoms with Crippen LogP contribution >= 0.6 is 7.60 Å². The van der Waals surface area contributed by atoms with Gasteiger partial charge in [0, 0.05) is 43.8 Å². The highest BCUT2D eigenvalue weighted by atomic mass is 31.2. The molecule has 5 heterocycles. The Hall–Kier alpha value is -6.33. The van der Waals surface area contributed by atoms with Crippen LogP contribution in [0.25, 0.3) is 89.7 Å². The van der Waals surface area contributed by atoms with Crippen LogP contribution in [0.5, 0.6) is 5.75 Å². The maximum atomic E-state index is 14.0. The number of aromatic amines is 2. The summed E-state index contributed by atoms with van der Waals surface area (Å²) in [5.41, 5.74) is 9.45. The van der Waals surface area contributed by atoms with Crippen molar-refractivity contribution in [2.75, 3.05) is 13.2 Å². The van der Waals surface area contributed by atoms with Crippen molar-refractivity contribution in [3.8, 4) is 51.3 Å². The van der Waals surface area contributed by atoms with Crippen LogP contribution in [0.1, 0.15) is 107 Å². The highest BCUT2D eigenvalue weighted by Crippen LogP contribution is 2.58. The number of ether oxygens (including phenoxy) is 1. The van der Waals surface area contributed by atoms with E-state index < -0.39 is 7.60 Å². The fraction of sp³-hybridized carbons (Fsp3) is 0.333. The van der Waals surface area contributed by atoms with Crippen LogP contribution in [0, 0.1) is 0 Å². The lowest BCUT2D eigenvalue weighted by atomic mass is 9.85. The third-order valence-electron chi connectivity index (χ3n) is 12.3. The van der Waals surface area contributed by atoms with Gasteiger partial charge in [-0.05, 0) is 103 Å². The minimum atomic E-state index is -3.76. The van der Waals surface area contributed by atoms with E-state index in [4.69, 9.17) is 43.7 Å². The van der Waals surface area contributed by atoms with Crippen LogP contribution in [0.3, 0.4) is 0 Å². The van der Waals surface area contributed by atoms with E-state index in [9.17, 15) is 4.57 Å². The van der Waals surface area contributed by atoms with Gasteiger partial charge in [-0.15, -0.1) is 0 Å². The number of fused-ring (bicyclic) bond motifs is 20. The number of hydrogen-bond acceptors (Lipinski definition) is 10. The van der Waals surface area contributed by atoms with Crippen molar-refractivity contribution in [1.29, 1.82) is 0 Å². The molecule has 0 saturated carbocycles. The van der Waals surface area contributed by atoms with Crippen molar-refractivity contribution >= 4 is 51.7 Å². The monoisotopic (exact) mass is 914 g/mol. The second-order valence-electron chi connectivity index (χ2n) is 20.6. The number of rotatable bonds is 8. The number of nitrogens with one attached hydrogen (secondary N) is 2. The Labute approximate surface area is 392 Å². The molecule has 12 nitrogen and oxygen atoms in total. The molecule has 0 aliphatic carbocycles. The fourth-order valence-corrected chi connectivity index (χ4v) is 10.0. The Morgan fingerprint density at radius 2 is 0.910 bits per heavy atom. The van der Waals surface area contributed by atoms with Crippen LogP contribution < -0.4 is 4.74 Å². The van der Waals surface area contributed by atoms with Gasteiger partial charge in [0.1, 0.15) is 34.1 Å². The summed E-state index contributed by atoms with van der Waals surface area (Å²) in [6.45, 7) is 31.6. The van der Waals surface area contributed by atoms with Crippen molar-refractivity contribution in [2.45, 2.75) is 106 Å². The Morgan fingerprint density at radius 3 is 1.34 bits per heavy atom. The van der Waals surface area contributed by atoms with Crippen molar-refractivity contribution in [3.63, 3.8) is 0 Å². The van der Waals surface area contributed by atoms with Gasteiger partial charge in [-0.1, -0.05) is 105 Å². The molecule has 9 rings (SSSR count). The van der Waals surface area contributed by atoms with Crippen LogP contribution in [-0.4, -0.2) is 53.1 Å². The predicted octanol–water partition coefficient (Wildman–Crippen LogP) is 14.2. The Kier molecular flexibility index (Phi) is 11.3. The molecule has 13 heteroatoms. The summed E-state index contributed by atoms with van der Waals surface area (Å²) in [4.78, 5) is 38.8. The summed E-state index contributed by atoms with van der Waals surface area (Å²) in [5, 5.41) is 3.70. The van der Waals surface area contributed by atoms with Crippen molar-refractivity contribution < 1.29 is 18.3 Å². The number of hydrogen-bond donors (Lipinski definition) is 2. The van der Waals surface area contributed by atoms with Crippen LogP contribution in [0.2, 0.25) is 0 Å². The number of aromatic nitrogens is 8. The van der Waals surface area contributed by atoms with E-state index in [1.165, 1.54) is 0 Å². The van der Waals surface area contributed by atoms with Gasteiger partial charge in [-0.2, -0.15) is 0 Å². The van der Waals surface area contributed by atoms with E-state index in [0.717, 1.165) is 60.5 Å². The van der Waals surface area contributed by atoms with Gasteiger partial charge in [0.15, 0.2) is 23.3 Å². The summed E-state index contributed by atoms with van der Waals surface area (Å²) < 4.78 is 31.9. The number of benzene rings is 4. The molecule has 4 aromatic carbocycles. The van der Waals surface area contributed by atoms with Gasteiger partial charge in [0.2, 0.25) is 0 Å². The van der Waals surface area contributed by atoms with E-state index >= 15 is 0 Å². The molecule has 0 amide bonds. The summed E-state index contributed by atoms with van der Waals surface area (Å²) in [6.07, 6.45) is 0. The van der Waals surface area contributed by atoms with E-state index in [-0.39, 0.29) is 34.8 Å². The zero-order chi connectivity index (χ0) is 48.0. The normalized spacial score (nSPS) is 12.9. The smallest absolute Gasteiger partial charge is 0.364 e. The van der Waals surface area contributed by atoms with Crippen molar-refractivity contribution in [3.05, 3.63) is 113 Å². The Bertz CT molecular complexity index is 3440. The van der Waals surface area contributed by atoms with Gasteiger partial charge in [-0.25, -0.2) is 29.9 Å². The zero-order valence-electron chi connectivity index (χ0n) is 40.8. The lowest BCUT2D eigenvalue weighted by molar-refractivity contribution is 0.225. The molecule has 2 aliphatic heterocycles. The molecule has 8 bridgehead atoms. The standard InChI is InChI=1S/C54H59N8O4P/c1-15-64-67(63,65-16-2)30(5)43(29(3)4)66-34-20-24-38-42(28-34)51-61-47(38)55-44-35-21-17-31(52(6,7)8)25-39(35)48(56-44)57-45-36-22-18-32(53(9,10)11)26-40(36)49(58-45)59-46-37-23-19-33(54(12,13)14)27-41(37)50(60-46)62-51/h17-28H,5,15-16H2,1-4,6-14H3,(H2,55,56,57,58,59,60,61,62). The molecular weight excluding hydrogens is 856 g/mol. The van der Waals surface area contributed by atoms with Crippen molar-refractivity contribution in [2.24, 2.45) is 0 Å². The molecule has 7 aromatic rings. The third kappa shape index (κ3) is 8.40. The van der Waals surface area contributed by atoms with E-state index in [0.29, 0.717) is 63.0 Å². The molecular formula is C54H59N8O4P. The summed E-state index contributed by atoms with van der Waals surface area (Å²) >= 11 is 0. The SMILES string of the molecule is C=C(C(Oc1ccc2c(c1)-c1nc-2nc2[nH]c(nc3nc(nc4[nH]c(n1)c1cc(C(C)(C)C)ccc41)-c1cc(C(C)(C)C)ccc1-3)c1cc(C(C)(C)C)ccc21)=C(C)C)P(=O)(OCC)OCC. The number of H-pyrrole nitrogens is 2. The van der Waals surface area contributed by atoms with Gasteiger partial charge >= 0.3 is 7.60 Å². The average Bonchev–Trinajstić information content (AvgIpc) is 3.99. The molecule has 2 N–H and O–H groups in total. The molecule has 0 spiro atoms. The van der Waals surface area contributed by atoms with E-state index in [1.807, 2.05) is 32.0 Å². The van der Waals surface area contributed by atoms with Gasteiger partial charge in [0.05, 0.1) is 18.5 Å². The van der Waals surface area contributed by atoms with Crippen molar-refractivity contribution in [1.82, 2.24) is 39.9 Å². The number of nitrogens with zero attached hydrogens (tertiary/aromatic N) is 6. The first-order valence-electron chi connectivity index (χ1n) is 22.9.